The third-order valence-electron chi connectivity index (χ3n) is 1.94. The lowest BCUT2D eigenvalue weighted by Crippen LogP contribution is -1.93. The first kappa shape index (κ1) is 12.6. The molecule has 1 aromatic carbocycles. The Bertz CT molecular complexity index is 519. The molecule has 0 aliphatic heterocycles. The highest BCUT2D eigenvalue weighted by Crippen LogP contribution is 2.30. The fourth-order valence-corrected chi connectivity index (χ4v) is 2.00. The number of rotatable bonds is 3. The number of ether oxygens (including phenoxy) is 1. The second-order valence-electron chi connectivity index (χ2n) is 3.17. The van der Waals surface area contributed by atoms with Gasteiger partial charge in [-0.15, -0.1) is 16.7 Å². The van der Waals surface area contributed by atoms with Gasteiger partial charge in [-0.05, 0) is 24.3 Å². The van der Waals surface area contributed by atoms with E-state index in [1.807, 2.05) is 6.07 Å². The van der Waals surface area contributed by atoms with Crippen molar-refractivity contribution in [1.29, 1.82) is 0 Å². The van der Waals surface area contributed by atoms with Crippen LogP contribution in [0.5, 0.6) is 11.6 Å². The molecule has 0 unspecified atom stereocenters. The van der Waals surface area contributed by atoms with Gasteiger partial charge < -0.3 is 4.74 Å². The molecule has 6 heteroatoms. The molecule has 3 nitrogen and oxygen atoms in total. The molecule has 0 N–H and O–H groups in total. The highest BCUT2D eigenvalue weighted by atomic mass is 79.9. The first-order valence-electron chi connectivity index (χ1n) is 4.70. The van der Waals surface area contributed by atoms with Gasteiger partial charge in [0.2, 0.25) is 5.88 Å². The molecular weight excluding hydrogens is 327 g/mol. The zero-order chi connectivity index (χ0) is 12.3. The fourth-order valence-electron chi connectivity index (χ4n) is 1.14. The summed E-state index contributed by atoms with van der Waals surface area (Å²) < 4.78 is 6.38. The summed E-state index contributed by atoms with van der Waals surface area (Å²) in [5.41, 5.74) is 0.695. The molecule has 1 aromatic heterocycles. The average Bonchev–Trinajstić information content (AvgIpc) is 2.34. The lowest BCUT2D eigenvalue weighted by atomic mass is 10.3. The third kappa shape index (κ3) is 3.31. The van der Waals surface area contributed by atoms with Gasteiger partial charge in [-0.2, -0.15) is 5.10 Å². The number of hydrogen-bond acceptors (Lipinski definition) is 3. The Hall–Kier alpha value is -0.840. The zero-order valence-electron chi connectivity index (χ0n) is 8.53. The standard InChI is InChI=1S/C11H7BrCl2N2O/c12-7-1-3-10(9(14)5-7)17-11-4-2-8(6-13)15-16-11/h1-5H,6H2. The fraction of sp³-hybridized carbons (Fsp3) is 0.0909. The SMILES string of the molecule is ClCc1ccc(Oc2ccc(Br)cc2Cl)nn1. The Labute approximate surface area is 117 Å². The summed E-state index contributed by atoms with van der Waals surface area (Å²) in [6.45, 7) is 0. The molecule has 88 valence electrons. The van der Waals surface area contributed by atoms with Crippen LogP contribution in [0.2, 0.25) is 5.02 Å². The van der Waals surface area contributed by atoms with E-state index in [-0.39, 0.29) is 0 Å². The molecule has 2 rings (SSSR count). The largest absolute Gasteiger partial charge is 0.436 e. The second kappa shape index (κ2) is 5.67. The third-order valence-corrected chi connectivity index (χ3v) is 3.00. The van der Waals surface area contributed by atoms with E-state index in [0.29, 0.717) is 28.2 Å². The van der Waals surface area contributed by atoms with Gasteiger partial charge in [0, 0.05) is 10.5 Å². The molecule has 0 aliphatic carbocycles. The number of halogens is 3. The van der Waals surface area contributed by atoms with Gasteiger partial charge in [0.15, 0.2) is 0 Å². The van der Waals surface area contributed by atoms with E-state index in [1.165, 1.54) is 0 Å². The van der Waals surface area contributed by atoms with Crippen LogP contribution in [0.4, 0.5) is 0 Å². The van der Waals surface area contributed by atoms with Crippen LogP contribution in [0, 0.1) is 0 Å². The van der Waals surface area contributed by atoms with E-state index in [2.05, 4.69) is 26.1 Å². The average molecular weight is 334 g/mol. The van der Waals surface area contributed by atoms with Gasteiger partial charge in [0.05, 0.1) is 16.6 Å². The topological polar surface area (TPSA) is 35.0 Å². The molecule has 0 saturated heterocycles. The Morgan fingerprint density at radius 2 is 2.00 bits per heavy atom. The summed E-state index contributed by atoms with van der Waals surface area (Å²) in [5.74, 6) is 1.23. The van der Waals surface area contributed by atoms with Crippen LogP contribution in [0.15, 0.2) is 34.8 Å². The highest BCUT2D eigenvalue weighted by Gasteiger charge is 2.05. The number of nitrogens with zero attached hydrogens (tertiary/aromatic N) is 2. The molecule has 0 saturated carbocycles. The van der Waals surface area contributed by atoms with Crippen molar-refractivity contribution in [1.82, 2.24) is 10.2 Å². The number of aromatic nitrogens is 2. The Kier molecular flexibility index (Phi) is 4.20. The van der Waals surface area contributed by atoms with Crippen LogP contribution < -0.4 is 4.74 Å². The van der Waals surface area contributed by atoms with Gasteiger partial charge in [-0.1, -0.05) is 27.5 Å². The van der Waals surface area contributed by atoms with E-state index < -0.39 is 0 Å². The van der Waals surface area contributed by atoms with Gasteiger partial charge in [-0.3, -0.25) is 0 Å². The summed E-state index contributed by atoms with van der Waals surface area (Å²) in [7, 11) is 0. The van der Waals surface area contributed by atoms with Crippen molar-refractivity contribution in [2.24, 2.45) is 0 Å². The minimum absolute atomic E-state index is 0.326. The Morgan fingerprint density at radius 3 is 2.59 bits per heavy atom. The maximum absolute atomic E-state index is 6.01. The first-order valence-corrected chi connectivity index (χ1v) is 6.41. The lowest BCUT2D eigenvalue weighted by molar-refractivity contribution is 0.454. The monoisotopic (exact) mass is 332 g/mol. The minimum Gasteiger partial charge on any atom is -0.436 e. The molecular formula is C11H7BrCl2N2O. The van der Waals surface area contributed by atoms with Crippen LogP contribution in [0.1, 0.15) is 5.69 Å². The summed E-state index contributed by atoms with van der Waals surface area (Å²) in [5, 5.41) is 8.26. The van der Waals surface area contributed by atoms with Gasteiger partial charge in [0.1, 0.15) is 5.75 Å². The molecule has 1 heterocycles. The van der Waals surface area contributed by atoms with Crippen molar-refractivity contribution in [3.8, 4) is 11.6 Å². The zero-order valence-corrected chi connectivity index (χ0v) is 11.6. The molecule has 0 amide bonds. The van der Waals surface area contributed by atoms with Crippen LogP contribution in [-0.4, -0.2) is 10.2 Å². The van der Waals surface area contributed by atoms with E-state index in [4.69, 9.17) is 27.9 Å². The molecule has 0 spiro atoms. The molecule has 2 aromatic rings. The van der Waals surface area contributed by atoms with Crippen molar-refractivity contribution in [3.05, 3.63) is 45.5 Å². The summed E-state index contributed by atoms with van der Waals surface area (Å²) in [6, 6.07) is 8.79. The minimum atomic E-state index is 0.326. The second-order valence-corrected chi connectivity index (χ2v) is 4.76. The lowest BCUT2D eigenvalue weighted by Gasteiger charge is -2.06. The van der Waals surface area contributed by atoms with Crippen molar-refractivity contribution >= 4 is 39.1 Å². The molecule has 0 atom stereocenters. The van der Waals surface area contributed by atoms with Crippen molar-refractivity contribution in [3.63, 3.8) is 0 Å². The summed E-state index contributed by atoms with van der Waals surface area (Å²) in [6.07, 6.45) is 0. The number of alkyl halides is 1. The molecule has 17 heavy (non-hydrogen) atoms. The molecule has 0 radical (unpaired) electrons. The van der Waals surface area contributed by atoms with Crippen molar-refractivity contribution in [2.45, 2.75) is 5.88 Å². The maximum atomic E-state index is 6.01. The summed E-state index contributed by atoms with van der Waals surface area (Å²) in [4.78, 5) is 0. The molecule has 0 bridgehead atoms. The van der Waals surface area contributed by atoms with Crippen molar-refractivity contribution in [2.75, 3.05) is 0 Å². The Morgan fingerprint density at radius 1 is 1.18 bits per heavy atom. The predicted molar refractivity (Wildman–Crippen MR) is 70.8 cm³/mol. The van der Waals surface area contributed by atoms with Gasteiger partial charge >= 0.3 is 0 Å². The normalized spacial score (nSPS) is 10.3. The Balaban J connectivity index is 2.19. The van der Waals surface area contributed by atoms with Gasteiger partial charge in [-0.25, -0.2) is 0 Å². The van der Waals surface area contributed by atoms with Crippen LogP contribution in [0.25, 0.3) is 0 Å². The quantitative estimate of drug-likeness (QED) is 0.780. The van der Waals surface area contributed by atoms with Crippen molar-refractivity contribution < 1.29 is 4.74 Å². The first-order chi connectivity index (χ1) is 8.19. The molecule has 0 fully saturated rings. The van der Waals surface area contributed by atoms with Gasteiger partial charge in [0.25, 0.3) is 0 Å². The van der Waals surface area contributed by atoms with E-state index in [9.17, 15) is 0 Å². The van der Waals surface area contributed by atoms with E-state index in [0.717, 1.165) is 4.47 Å². The number of hydrogen-bond donors (Lipinski definition) is 0. The predicted octanol–water partition coefficient (Wildman–Crippen LogP) is 4.42. The van der Waals surface area contributed by atoms with E-state index in [1.54, 1.807) is 24.3 Å². The molecule has 0 aliphatic rings. The number of benzene rings is 1. The summed E-state index contributed by atoms with van der Waals surface area (Å²) >= 11 is 14.9. The van der Waals surface area contributed by atoms with Crippen LogP contribution >= 0.6 is 39.1 Å². The maximum Gasteiger partial charge on any atom is 0.238 e. The highest BCUT2D eigenvalue weighted by molar-refractivity contribution is 9.10. The smallest absolute Gasteiger partial charge is 0.238 e. The van der Waals surface area contributed by atoms with Crippen LogP contribution in [-0.2, 0) is 5.88 Å². The van der Waals surface area contributed by atoms with E-state index >= 15 is 0 Å². The van der Waals surface area contributed by atoms with Crippen LogP contribution in [0.3, 0.4) is 0 Å².